The van der Waals surface area contributed by atoms with Gasteiger partial charge in [0.25, 0.3) is 0 Å². The van der Waals surface area contributed by atoms with Gasteiger partial charge in [-0.1, -0.05) is 30.0 Å². The van der Waals surface area contributed by atoms with E-state index in [4.69, 9.17) is 0 Å². The molecule has 0 bridgehead atoms. The van der Waals surface area contributed by atoms with E-state index in [9.17, 15) is 10.1 Å². The second-order valence-electron chi connectivity index (χ2n) is 6.67. The van der Waals surface area contributed by atoms with Crippen LogP contribution in [0.3, 0.4) is 0 Å². The Morgan fingerprint density at radius 2 is 2.17 bits per heavy atom. The fourth-order valence-corrected chi connectivity index (χ4v) is 3.72. The number of amides is 1. The van der Waals surface area contributed by atoms with Crippen molar-refractivity contribution in [1.29, 1.82) is 5.26 Å². The minimum absolute atomic E-state index is 0.111. The first-order valence-electron chi connectivity index (χ1n) is 8.15. The summed E-state index contributed by atoms with van der Waals surface area (Å²) in [5, 5.41) is 14.2. The monoisotopic (exact) mass is 339 g/mol. The second kappa shape index (κ2) is 6.45. The third-order valence-corrected chi connectivity index (χ3v) is 5.51. The van der Waals surface area contributed by atoms with E-state index in [1.807, 2.05) is 32.0 Å². The van der Waals surface area contributed by atoms with Crippen molar-refractivity contribution < 1.29 is 4.79 Å². The SMILES string of the molecule is Cc1cc(SCC(=O)N[C@](C)(C#N)C2CC2)nc2c(C)cccc12. The smallest absolute Gasteiger partial charge is 0.231 e. The Morgan fingerprint density at radius 1 is 1.42 bits per heavy atom. The van der Waals surface area contributed by atoms with Crippen LogP contribution in [0.25, 0.3) is 10.9 Å². The van der Waals surface area contributed by atoms with Crippen molar-refractivity contribution in [1.82, 2.24) is 10.3 Å². The van der Waals surface area contributed by atoms with E-state index >= 15 is 0 Å². The number of nitrogens with one attached hydrogen (secondary N) is 1. The molecule has 1 N–H and O–H groups in total. The Labute approximate surface area is 146 Å². The molecular formula is C19H21N3OS. The number of nitriles is 1. The highest BCUT2D eigenvalue weighted by Gasteiger charge is 2.42. The number of thioether (sulfide) groups is 1. The van der Waals surface area contributed by atoms with Gasteiger partial charge in [0.1, 0.15) is 5.54 Å². The van der Waals surface area contributed by atoms with Crippen LogP contribution < -0.4 is 5.32 Å². The summed E-state index contributed by atoms with van der Waals surface area (Å²) in [7, 11) is 0. The Balaban J connectivity index is 1.70. The van der Waals surface area contributed by atoms with Crippen molar-refractivity contribution in [3.63, 3.8) is 0 Å². The molecule has 0 unspecified atom stereocenters. The standard InChI is InChI=1S/C19H21N3OS/c1-12-5-4-6-15-13(2)9-17(21-18(12)15)24-10-16(23)22-19(3,11-20)14-7-8-14/h4-6,9,14H,7-8,10H2,1-3H3,(H,22,23)/t19-/m1/s1. The van der Waals surface area contributed by atoms with E-state index in [0.717, 1.165) is 39.9 Å². The molecule has 0 saturated heterocycles. The van der Waals surface area contributed by atoms with Gasteiger partial charge in [0, 0.05) is 5.39 Å². The van der Waals surface area contributed by atoms with E-state index in [2.05, 4.69) is 29.4 Å². The topological polar surface area (TPSA) is 65.8 Å². The molecule has 1 atom stereocenters. The zero-order valence-corrected chi connectivity index (χ0v) is 15.0. The summed E-state index contributed by atoms with van der Waals surface area (Å²) in [6.07, 6.45) is 2.03. The van der Waals surface area contributed by atoms with Gasteiger partial charge in [-0.3, -0.25) is 4.79 Å². The number of nitrogens with zero attached hydrogens (tertiary/aromatic N) is 2. The maximum absolute atomic E-state index is 12.2. The van der Waals surface area contributed by atoms with Gasteiger partial charge in [0.15, 0.2) is 0 Å². The highest BCUT2D eigenvalue weighted by atomic mass is 32.2. The average Bonchev–Trinajstić information content (AvgIpc) is 3.39. The lowest BCUT2D eigenvalue weighted by molar-refractivity contribution is -0.119. The van der Waals surface area contributed by atoms with Crippen LogP contribution in [-0.4, -0.2) is 22.2 Å². The number of pyridine rings is 1. The fraction of sp³-hybridized carbons (Fsp3) is 0.421. The van der Waals surface area contributed by atoms with Crippen molar-refractivity contribution in [3.8, 4) is 6.07 Å². The first-order valence-corrected chi connectivity index (χ1v) is 9.13. The molecule has 0 spiro atoms. The van der Waals surface area contributed by atoms with Crippen LogP contribution in [0.4, 0.5) is 0 Å². The van der Waals surface area contributed by atoms with E-state index in [1.54, 1.807) is 0 Å². The number of hydrogen-bond acceptors (Lipinski definition) is 4. The molecule has 1 heterocycles. The summed E-state index contributed by atoms with van der Waals surface area (Å²) < 4.78 is 0. The number of aryl methyl sites for hydroxylation is 2. The van der Waals surface area contributed by atoms with E-state index in [0.29, 0.717) is 5.92 Å². The van der Waals surface area contributed by atoms with Gasteiger partial charge in [0.05, 0.1) is 22.4 Å². The summed E-state index contributed by atoms with van der Waals surface area (Å²) in [6.45, 7) is 5.92. The quantitative estimate of drug-likeness (QED) is 0.843. The van der Waals surface area contributed by atoms with Crippen molar-refractivity contribution in [3.05, 3.63) is 35.4 Å². The lowest BCUT2D eigenvalue weighted by atomic mass is 9.98. The molecule has 1 amide bonds. The van der Waals surface area contributed by atoms with Crippen LogP contribution in [0.5, 0.6) is 0 Å². The molecule has 3 rings (SSSR count). The lowest BCUT2D eigenvalue weighted by Crippen LogP contribution is -2.47. The van der Waals surface area contributed by atoms with Crippen LogP contribution in [0.1, 0.15) is 30.9 Å². The summed E-state index contributed by atoms with van der Waals surface area (Å²) in [5.41, 5.74) is 2.54. The molecule has 2 aromatic rings. The number of rotatable bonds is 5. The minimum atomic E-state index is -0.735. The molecule has 0 radical (unpaired) electrons. The number of aromatic nitrogens is 1. The van der Waals surface area contributed by atoms with Crippen LogP contribution in [0.2, 0.25) is 0 Å². The molecule has 124 valence electrons. The normalized spacial score (nSPS) is 16.4. The molecular weight excluding hydrogens is 318 g/mol. The largest absolute Gasteiger partial charge is 0.337 e. The molecule has 1 aliphatic rings. The molecule has 1 saturated carbocycles. The van der Waals surface area contributed by atoms with Crippen molar-refractivity contribution >= 4 is 28.6 Å². The first kappa shape index (κ1) is 16.8. The maximum atomic E-state index is 12.2. The zero-order chi connectivity index (χ0) is 17.3. The minimum Gasteiger partial charge on any atom is -0.337 e. The predicted octanol–water partition coefficient (Wildman–Crippen LogP) is 3.75. The predicted molar refractivity (Wildman–Crippen MR) is 96.8 cm³/mol. The third kappa shape index (κ3) is 3.39. The Kier molecular flexibility index (Phi) is 4.51. The van der Waals surface area contributed by atoms with E-state index < -0.39 is 5.54 Å². The lowest BCUT2D eigenvalue weighted by Gasteiger charge is -2.22. The molecule has 0 aliphatic heterocycles. The number of carbonyl (C=O) groups is 1. The zero-order valence-electron chi connectivity index (χ0n) is 14.2. The van der Waals surface area contributed by atoms with Crippen molar-refractivity contribution in [2.45, 2.75) is 44.2 Å². The Hall–Kier alpha value is -2.06. The van der Waals surface area contributed by atoms with Gasteiger partial charge in [-0.15, -0.1) is 0 Å². The molecule has 24 heavy (non-hydrogen) atoms. The number of fused-ring (bicyclic) bond motifs is 1. The third-order valence-electron chi connectivity index (χ3n) is 4.60. The summed E-state index contributed by atoms with van der Waals surface area (Å²) in [4.78, 5) is 16.9. The summed E-state index contributed by atoms with van der Waals surface area (Å²) >= 11 is 1.42. The number of benzene rings is 1. The van der Waals surface area contributed by atoms with Crippen LogP contribution in [0, 0.1) is 31.1 Å². The van der Waals surface area contributed by atoms with Gasteiger partial charge in [-0.05, 0) is 56.7 Å². The van der Waals surface area contributed by atoms with Gasteiger partial charge in [0.2, 0.25) is 5.91 Å². The van der Waals surface area contributed by atoms with E-state index in [-0.39, 0.29) is 11.7 Å². The van der Waals surface area contributed by atoms with Gasteiger partial charge in [-0.25, -0.2) is 4.98 Å². The fourth-order valence-electron chi connectivity index (χ4n) is 2.95. The second-order valence-corrected chi connectivity index (χ2v) is 7.67. The Bertz CT molecular complexity index is 838. The number of carbonyl (C=O) groups excluding carboxylic acids is 1. The molecule has 1 aromatic carbocycles. The molecule has 1 aliphatic carbocycles. The van der Waals surface area contributed by atoms with Crippen LogP contribution in [0.15, 0.2) is 29.3 Å². The summed E-state index contributed by atoms with van der Waals surface area (Å²) in [5.74, 6) is 0.453. The highest BCUT2D eigenvalue weighted by molar-refractivity contribution is 7.99. The first-order chi connectivity index (χ1) is 11.4. The molecule has 1 aromatic heterocycles. The number of hydrogen-bond donors (Lipinski definition) is 1. The van der Waals surface area contributed by atoms with Gasteiger partial charge in [-0.2, -0.15) is 5.26 Å². The Morgan fingerprint density at radius 3 is 2.83 bits per heavy atom. The highest BCUT2D eigenvalue weighted by Crippen LogP contribution is 2.39. The van der Waals surface area contributed by atoms with Crippen LogP contribution in [-0.2, 0) is 4.79 Å². The van der Waals surface area contributed by atoms with Crippen molar-refractivity contribution in [2.75, 3.05) is 5.75 Å². The number of para-hydroxylation sites is 1. The van der Waals surface area contributed by atoms with Crippen LogP contribution >= 0.6 is 11.8 Å². The average molecular weight is 339 g/mol. The maximum Gasteiger partial charge on any atom is 0.231 e. The molecule has 5 heteroatoms. The van der Waals surface area contributed by atoms with E-state index in [1.165, 1.54) is 11.8 Å². The molecule has 4 nitrogen and oxygen atoms in total. The van der Waals surface area contributed by atoms with Gasteiger partial charge >= 0.3 is 0 Å². The van der Waals surface area contributed by atoms with Crippen molar-refractivity contribution in [2.24, 2.45) is 5.92 Å². The summed E-state index contributed by atoms with van der Waals surface area (Å²) in [6, 6.07) is 10.4. The molecule has 1 fully saturated rings. The van der Waals surface area contributed by atoms with Gasteiger partial charge < -0.3 is 5.32 Å².